The van der Waals surface area contributed by atoms with Gasteiger partial charge in [-0.25, -0.2) is 9.89 Å². The van der Waals surface area contributed by atoms with E-state index in [1.807, 2.05) is 0 Å². The third-order valence-corrected chi connectivity index (χ3v) is 3.30. The van der Waals surface area contributed by atoms with Crippen molar-refractivity contribution in [3.63, 3.8) is 0 Å². The highest BCUT2D eigenvalue weighted by Crippen LogP contribution is 2.21. The van der Waals surface area contributed by atoms with Crippen molar-refractivity contribution in [1.82, 2.24) is 14.8 Å². The van der Waals surface area contributed by atoms with Crippen molar-refractivity contribution >= 4 is 0 Å². The molecule has 7 heteroatoms. The van der Waals surface area contributed by atoms with Crippen molar-refractivity contribution in [1.29, 1.82) is 0 Å². The number of aromatic amines is 1. The standard InChI is InChI=1S/C11H21N5O2/c12-5-2-1-3-9(13)10-14-15-11(17)16(10)8-4-6-18-7-8/h8-9H,1-7,12-13H2,(H,15,17)/t8?,9-/m0/s1. The number of rotatable bonds is 6. The molecular formula is C11H21N5O2. The molecule has 1 aromatic rings. The second kappa shape index (κ2) is 6.12. The molecule has 102 valence electrons. The van der Waals surface area contributed by atoms with Crippen molar-refractivity contribution in [3.05, 3.63) is 16.3 Å². The van der Waals surface area contributed by atoms with Gasteiger partial charge in [0.1, 0.15) is 0 Å². The Morgan fingerprint density at radius 1 is 1.56 bits per heavy atom. The van der Waals surface area contributed by atoms with Crippen LogP contribution >= 0.6 is 0 Å². The molecule has 2 rings (SSSR count). The Kier molecular flexibility index (Phi) is 4.51. The van der Waals surface area contributed by atoms with Crippen LogP contribution in [0, 0.1) is 0 Å². The number of hydrogen-bond donors (Lipinski definition) is 3. The molecule has 0 saturated carbocycles. The molecule has 0 spiro atoms. The first-order valence-corrected chi connectivity index (χ1v) is 6.44. The predicted molar refractivity (Wildman–Crippen MR) is 67.2 cm³/mol. The number of nitrogens with two attached hydrogens (primary N) is 2. The maximum absolute atomic E-state index is 11.8. The molecule has 2 heterocycles. The molecule has 0 aromatic carbocycles. The zero-order valence-corrected chi connectivity index (χ0v) is 10.5. The van der Waals surface area contributed by atoms with Crippen LogP contribution in [0.3, 0.4) is 0 Å². The molecule has 2 atom stereocenters. The molecule has 1 aliphatic heterocycles. The summed E-state index contributed by atoms with van der Waals surface area (Å²) in [4.78, 5) is 11.8. The van der Waals surface area contributed by atoms with Gasteiger partial charge in [0.05, 0.1) is 18.7 Å². The minimum Gasteiger partial charge on any atom is -0.379 e. The van der Waals surface area contributed by atoms with Gasteiger partial charge in [-0.05, 0) is 25.8 Å². The van der Waals surface area contributed by atoms with Gasteiger partial charge in [0.2, 0.25) is 0 Å². The number of unbranched alkanes of at least 4 members (excludes halogenated alkanes) is 1. The largest absolute Gasteiger partial charge is 0.379 e. The molecule has 1 unspecified atom stereocenters. The van der Waals surface area contributed by atoms with E-state index in [0.717, 1.165) is 25.7 Å². The van der Waals surface area contributed by atoms with Gasteiger partial charge in [0.15, 0.2) is 5.82 Å². The number of ether oxygens (including phenoxy) is 1. The monoisotopic (exact) mass is 255 g/mol. The fourth-order valence-corrected chi connectivity index (χ4v) is 2.29. The summed E-state index contributed by atoms with van der Waals surface area (Å²) in [5.41, 5.74) is 11.3. The Labute approximate surface area is 105 Å². The zero-order chi connectivity index (χ0) is 13.0. The molecule has 1 aromatic heterocycles. The van der Waals surface area contributed by atoms with E-state index in [9.17, 15) is 4.79 Å². The lowest BCUT2D eigenvalue weighted by Gasteiger charge is -2.15. The molecule has 0 radical (unpaired) electrons. The highest BCUT2D eigenvalue weighted by Gasteiger charge is 2.25. The summed E-state index contributed by atoms with van der Waals surface area (Å²) in [6, 6.07) is -0.164. The zero-order valence-electron chi connectivity index (χ0n) is 10.5. The molecule has 0 bridgehead atoms. The summed E-state index contributed by atoms with van der Waals surface area (Å²) in [5, 5.41) is 6.54. The van der Waals surface area contributed by atoms with E-state index in [0.29, 0.717) is 25.6 Å². The van der Waals surface area contributed by atoms with E-state index in [2.05, 4.69) is 10.2 Å². The first kappa shape index (κ1) is 13.3. The van der Waals surface area contributed by atoms with Crippen molar-refractivity contribution in [3.8, 4) is 0 Å². The molecule has 1 aliphatic rings. The highest BCUT2D eigenvalue weighted by molar-refractivity contribution is 4.97. The van der Waals surface area contributed by atoms with Gasteiger partial charge in [-0.2, -0.15) is 5.10 Å². The fraction of sp³-hybridized carbons (Fsp3) is 0.818. The third kappa shape index (κ3) is 2.80. The van der Waals surface area contributed by atoms with Crippen molar-refractivity contribution < 1.29 is 4.74 Å². The summed E-state index contributed by atoms with van der Waals surface area (Å²) in [5.74, 6) is 0.632. The maximum atomic E-state index is 11.8. The average molecular weight is 255 g/mol. The lowest BCUT2D eigenvalue weighted by Crippen LogP contribution is -2.27. The number of nitrogens with zero attached hydrogens (tertiary/aromatic N) is 2. The number of H-pyrrole nitrogens is 1. The summed E-state index contributed by atoms with van der Waals surface area (Å²) in [7, 11) is 0. The van der Waals surface area contributed by atoms with Crippen molar-refractivity contribution in [2.24, 2.45) is 11.5 Å². The van der Waals surface area contributed by atoms with E-state index in [-0.39, 0.29) is 17.8 Å². The number of nitrogens with one attached hydrogen (secondary N) is 1. The summed E-state index contributed by atoms with van der Waals surface area (Å²) in [6.07, 6.45) is 3.51. The predicted octanol–water partition coefficient (Wildman–Crippen LogP) is -0.338. The minimum atomic E-state index is -0.226. The Morgan fingerprint density at radius 3 is 3.06 bits per heavy atom. The van der Waals surface area contributed by atoms with Crippen LogP contribution < -0.4 is 17.2 Å². The molecule has 1 saturated heterocycles. The second-order valence-corrected chi connectivity index (χ2v) is 4.67. The quantitative estimate of drug-likeness (QED) is 0.602. The molecule has 5 N–H and O–H groups in total. The molecular weight excluding hydrogens is 234 g/mol. The minimum absolute atomic E-state index is 0.0619. The van der Waals surface area contributed by atoms with Crippen LogP contribution in [0.2, 0.25) is 0 Å². The maximum Gasteiger partial charge on any atom is 0.343 e. The van der Waals surface area contributed by atoms with Gasteiger partial charge in [-0.15, -0.1) is 0 Å². The number of aromatic nitrogens is 3. The Hall–Kier alpha value is -1.18. The van der Waals surface area contributed by atoms with Gasteiger partial charge >= 0.3 is 5.69 Å². The van der Waals surface area contributed by atoms with Crippen LogP contribution in [0.15, 0.2) is 4.79 Å². The first-order chi connectivity index (χ1) is 8.74. The van der Waals surface area contributed by atoms with Crippen LogP contribution in [0.4, 0.5) is 0 Å². The van der Waals surface area contributed by atoms with Crippen LogP contribution in [0.5, 0.6) is 0 Å². The van der Waals surface area contributed by atoms with Gasteiger partial charge in [0.25, 0.3) is 0 Å². The van der Waals surface area contributed by atoms with Crippen LogP contribution in [0.25, 0.3) is 0 Å². The van der Waals surface area contributed by atoms with Crippen LogP contribution in [0.1, 0.15) is 43.6 Å². The average Bonchev–Trinajstić information content (AvgIpc) is 2.97. The molecule has 0 amide bonds. The van der Waals surface area contributed by atoms with E-state index in [1.54, 1.807) is 4.57 Å². The van der Waals surface area contributed by atoms with Gasteiger partial charge in [-0.1, -0.05) is 6.42 Å². The SMILES string of the molecule is NCCCC[C@H](N)c1n[nH]c(=O)n1C1CCOC1. The van der Waals surface area contributed by atoms with E-state index in [4.69, 9.17) is 16.2 Å². The molecule has 7 nitrogen and oxygen atoms in total. The lowest BCUT2D eigenvalue weighted by molar-refractivity contribution is 0.185. The smallest absolute Gasteiger partial charge is 0.343 e. The summed E-state index contributed by atoms with van der Waals surface area (Å²) < 4.78 is 6.96. The Balaban J connectivity index is 2.09. The van der Waals surface area contributed by atoms with Crippen LogP contribution in [-0.4, -0.2) is 34.5 Å². The number of hydrogen-bond acceptors (Lipinski definition) is 5. The summed E-state index contributed by atoms with van der Waals surface area (Å²) >= 11 is 0. The Bertz CT molecular complexity index is 421. The normalized spacial score (nSPS) is 21.3. The lowest BCUT2D eigenvalue weighted by atomic mass is 10.1. The summed E-state index contributed by atoms with van der Waals surface area (Å²) in [6.45, 7) is 1.91. The van der Waals surface area contributed by atoms with Gasteiger partial charge < -0.3 is 16.2 Å². The highest BCUT2D eigenvalue weighted by atomic mass is 16.5. The second-order valence-electron chi connectivity index (χ2n) is 4.67. The Morgan fingerprint density at radius 2 is 2.39 bits per heavy atom. The topological polar surface area (TPSA) is 112 Å². The third-order valence-electron chi connectivity index (χ3n) is 3.30. The van der Waals surface area contributed by atoms with Crippen LogP contribution in [-0.2, 0) is 4.74 Å². The fourth-order valence-electron chi connectivity index (χ4n) is 2.29. The van der Waals surface area contributed by atoms with E-state index >= 15 is 0 Å². The van der Waals surface area contributed by atoms with E-state index in [1.165, 1.54) is 0 Å². The van der Waals surface area contributed by atoms with Crippen molar-refractivity contribution in [2.75, 3.05) is 19.8 Å². The molecule has 1 fully saturated rings. The molecule has 18 heavy (non-hydrogen) atoms. The van der Waals surface area contributed by atoms with Gasteiger partial charge in [-0.3, -0.25) is 4.57 Å². The van der Waals surface area contributed by atoms with Gasteiger partial charge in [0, 0.05) is 6.61 Å². The van der Waals surface area contributed by atoms with Crippen molar-refractivity contribution in [2.45, 2.75) is 37.8 Å². The molecule has 0 aliphatic carbocycles. The van der Waals surface area contributed by atoms with E-state index < -0.39 is 0 Å². The first-order valence-electron chi connectivity index (χ1n) is 6.44.